The van der Waals surface area contributed by atoms with E-state index in [4.69, 9.17) is 9.47 Å². The number of methoxy groups -OCH3 is 2. The summed E-state index contributed by atoms with van der Waals surface area (Å²) in [5, 5.41) is 0. The summed E-state index contributed by atoms with van der Waals surface area (Å²) < 4.78 is 10.1. The van der Waals surface area contributed by atoms with Crippen molar-refractivity contribution >= 4 is 0 Å². The molecule has 1 aliphatic rings. The summed E-state index contributed by atoms with van der Waals surface area (Å²) in [6.45, 7) is 8.98. The lowest BCUT2D eigenvalue weighted by Crippen LogP contribution is -2.18. The van der Waals surface area contributed by atoms with Gasteiger partial charge in [-0.05, 0) is 22.3 Å². The Kier molecular flexibility index (Phi) is 2.84. The number of hydrogen-bond acceptors (Lipinski definition) is 2. The molecule has 0 aromatic carbocycles. The quantitative estimate of drug-likeness (QED) is 0.633. The van der Waals surface area contributed by atoms with Crippen LogP contribution < -0.4 is 0 Å². The SMILES string of the molecule is C=C1C(=C)C(COC)=C1COC. The minimum absolute atomic E-state index is 0.608. The van der Waals surface area contributed by atoms with Crippen LogP contribution in [0.15, 0.2) is 35.5 Å². The maximum Gasteiger partial charge on any atom is 0.0722 e. The molecule has 0 atom stereocenters. The first-order valence-electron chi connectivity index (χ1n) is 3.81. The van der Waals surface area contributed by atoms with Gasteiger partial charge in [0.15, 0.2) is 0 Å². The van der Waals surface area contributed by atoms with Gasteiger partial charge in [-0.25, -0.2) is 0 Å². The topological polar surface area (TPSA) is 18.5 Å². The highest BCUT2D eigenvalue weighted by Crippen LogP contribution is 2.37. The maximum atomic E-state index is 5.03. The highest BCUT2D eigenvalue weighted by atomic mass is 16.5. The lowest BCUT2D eigenvalue weighted by atomic mass is 9.80. The normalized spacial score (nSPS) is 16.8. The molecule has 0 saturated heterocycles. The summed E-state index contributed by atoms with van der Waals surface area (Å²) in [5.74, 6) is 0. The predicted molar refractivity (Wildman–Crippen MR) is 49.1 cm³/mol. The van der Waals surface area contributed by atoms with Crippen molar-refractivity contribution < 1.29 is 9.47 Å². The van der Waals surface area contributed by atoms with Crippen LogP contribution in [-0.2, 0) is 9.47 Å². The van der Waals surface area contributed by atoms with Gasteiger partial charge in [0.25, 0.3) is 0 Å². The third-order valence-electron chi connectivity index (χ3n) is 2.03. The third-order valence-corrected chi connectivity index (χ3v) is 2.03. The van der Waals surface area contributed by atoms with E-state index in [-0.39, 0.29) is 0 Å². The van der Waals surface area contributed by atoms with Gasteiger partial charge in [0.05, 0.1) is 13.2 Å². The molecule has 0 aliphatic heterocycles. The van der Waals surface area contributed by atoms with E-state index >= 15 is 0 Å². The smallest absolute Gasteiger partial charge is 0.0722 e. The lowest BCUT2D eigenvalue weighted by Gasteiger charge is -2.28. The van der Waals surface area contributed by atoms with E-state index in [2.05, 4.69) is 13.2 Å². The molecule has 0 amide bonds. The Morgan fingerprint density at radius 2 is 1.25 bits per heavy atom. The molecule has 0 saturated carbocycles. The van der Waals surface area contributed by atoms with E-state index in [9.17, 15) is 0 Å². The van der Waals surface area contributed by atoms with Gasteiger partial charge in [-0.2, -0.15) is 0 Å². The van der Waals surface area contributed by atoms with Crippen LogP contribution in [0.3, 0.4) is 0 Å². The zero-order valence-corrected chi connectivity index (χ0v) is 7.64. The molecule has 0 bridgehead atoms. The summed E-state index contributed by atoms with van der Waals surface area (Å²) in [4.78, 5) is 0. The van der Waals surface area contributed by atoms with Gasteiger partial charge in [0.2, 0.25) is 0 Å². The predicted octanol–water partition coefficient (Wildman–Crippen LogP) is 1.70. The van der Waals surface area contributed by atoms with Gasteiger partial charge in [-0.1, -0.05) is 13.2 Å². The summed E-state index contributed by atoms with van der Waals surface area (Å²) >= 11 is 0. The van der Waals surface area contributed by atoms with Crippen molar-refractivity contribution in [2.45, 2.75) is 0 Å². The molecule has 1 aliphatic carbocycles. The van der Waals surface area contributed by atoms with E-state index < -0.39 is 0 Å². The number of hydrogen-bond donors (Lipinski definition) is 0. The van der Waals surface area contributed by atoms with Crippen LogP contribution in [0.1, 0.15) is 0 Å². The fraction of sp³-hybridized carbons (Fsp3) is 0.400. The Balaban J connectivity index is 2.75. The minimum atomic E-state index is 0.608. The van der Waals surface area contributed by atoms with Crippen LogP contribution in [0.25, 0.3) is 0 Å². The van der Waals surface area contributed by atoms with Crippen LogP contribution in [0.5, 0.6) is 0 Å². The first kappa shape index (κ1) is 9.23. The first-order valence-corrected chi connectivity index (χ1v) is 3.81. The molecular weight excluding hydrogens is 152 g/mol. The van der Waals surface area contributed by atoms with E-state index in [0.717, 1.165) is 22.3 Å². The maximum absolute atomic E-state index is 5.03. The van der Waals surface area contributed by atoms with Gasteiger partial charge < -0.3 is 9.47 Å². The molecule has 0 spiro atoms. The molecule has 0 radical (unpaired) electrons. The van der Waals surface area contributed by atoms with E-state index in [0.29, 0.717) is 13.2 Å². The molecule has 0 aromatic heterocycles. The molecule has 66 valence electrons. The highest BCUT2D eigenvalue weighted by molar-refractivity contribution is 5.68. The average Bonchev–Trinajstić information content (AvgIpc) is 2.10. The van der Waals surface area contributed by atoms with Crippen molar-refractivity contribution in [3.05, 3.63) is 35.5 Å². The molecule has 2 nitrogen and oxygen atoms in total. The molecule has 0 N–H and O–H groups in total. The average molecular weight is 166 g/mol. The number of rotatable bonds is 4. The standard InChI is InChI=1S/C10H14O2/c1-7-8(2)10(6-12-4)9(7)5-11-3/h1-2,5-6H2,3-4H3. The van der Waals surface area contributed by atoms with E-state index in [1.54, 1.807) is 14.2 Å². The van der Waals surface area contributed by atoms with Crippen LogP contribution in [0.2, 0.25) is 0 Å². The molecule has 0 heterocycles. The van der Waals surface area contributed by atoms with Crippen molar-refractivity contribution in [2.75, 3.05) is 27.4 Å². The fourth-order valence-electron chi connectivity index (χ4n) is 1.30. The fourth-order valence-corrected chi connectivity index (χ4v) is 1.30. The highest BCUT2D eigenvalue weighted by Gasteiger charge is 2.25. The van der Waals surface area contributed by atoms with Crippen LogP contribution >= 0.6 is 0 Å². The number of ether oxygens (including phenoxy) is 2. The van der Waals surface area contributed by atoms with Crippen LogP contribution in [-0.4, -0.2) is 27.4 Å². The molecular formula is C10H14O2. The zero-order chi connectivity index (χ0) is 9.14. The largest absolute Gasteiger partial charge is 0.380 e. The van der Waals surface area contributed by atoms with Crippen molar-refractivity contribution in [3.8, 4) is 0 Å². The Morgan fingerprint density at radius 1 is 0.917 bits per heavy atom. The monoisotopic (exact) mass is 166 g/mol. The van der Waals surface area contributed by atoms with Crippen LogP contribution in [0.4, 0.5) is 0 Å². The van der Waals surface area contributed by atoms with Gasteiger partial charge in [0, 0.05) is 14.2 Å². The zero-order valence-electron chi connectivity index (χ0n) is 7.64. The molecule has 12 heavy (non-hydrogen) atoms. The van der Waals surface area contributed by atoms with Crippen molar-refractivity contribution in [3.63, 3.8) is 0 Å². The molecule has 0 fully saturated rings. The first-order chi connectivity index (χ1) is 5.72. The minimum Gasteiger partial charge on any atom is -0.380 e. The Hall–Kier alpha value is -0.860. The van der Waals surface area contributed by atoms with Gasteiger partial charge in [-0.3, -0.25) is 0 Å². The lowest BCUT2D eigenvalue weighted by molar-refractivity contribution is 0.210. The molecule has 2 heteroatoms. The third kappa shape index (κ3) is 1.36. The Morgan fingerprint density at radius 3 is 1.50 bits per heavy atom. The Bertz CT molecular complexity index is 223. The molecule has 1 rings (SSSR count). The van der Waals surface area contributed by atoms with Crippen LogP contribution in [0, 0.1) is 0 Å². The second kappa shape index (κ2) is 3.70. The van der Waals surface area contributed by atoms with Gasteiger partial charge in [-0.15, -0.1) is 0 Å². The van der Waals surface area contributed by atoms with Gasteiger partial charge in [0.1, 0.15) is 0 Å². The molecule has 0 aromatic rings. The Labute approximate surface area is 73.2 Å². The van der Waals surface area contributed by atoms with E-state index in [1.165, 1.54) is 0 Å². The summed E-state index contributed by atoms with van der Waals surface area (Å²) in [5.41, 5.74) is 4.29. The van der Waals surface area contributed by atoms with Crippen molar-refractivity contribution in [1.29, 1.82) is 0 Å². The second-order valence-electron chi connectivity index (χ2n) is 2.78. The van der Waals surface area contributed by atoms with E-state index in [1.807, 2.05) is 0 Å². The summed E-state index contributed by atoms with van der Waals surface area (Å²) in [6, 6.07) is 0. The summed E-state index contributed by atoms with van der Waals surface area (Å²) in [7, 11) is 3.34. The summed E-state index contributed by atoms with van der Waals surface area (Å²) in [6.07, 6.45) is 0. The van der Waals surface area contributed by atoms with Gasteiger partial charge >= 0.3 is 0 Å². The second-order valence-corrected chi connectivity index (χ2v) is 2.78. The van der Waals surface area contributed by atoms with Crippen molar-refractivity contribution in [1.82, 2.24) is 0 Å². The molecule has 0 unspecified atom stereocenters. The van der Waals surface area contributed by atoms with Crippen molar-refractivity contribution in [2.24, 2.45) is 0 Å².